The molecular formula is C14H18FNO6S. The molecule has 0 saturated carbocycles. The zero-order valence-electron chi connectivity index (χ0n) is 12.7. The predicted molar refractivity (Wildman–Crippen MR) is 80.4 cm³/mol. The first-order chi connectivity index (χ1) is 10.6. The van der Waals surface area contributed by atoms with Gasteiger partial charge in [-0.15, -0.1) is 0 Å². The summed E-state index contributed by atoms with van der Waals surface area (Å²) in [5.74, 6) is -3.28. The number of rotatable bonds is 8. The Morgan fingerprint density at radius 2 is 1.83 bits per heavy atom. The van der Waals surface area contributed by atoms with Crippen LogP contribution in [0.5, 0.6) is 5.75 Å². The molecule has 0 fully saturated rings. The highest BCUT2D eigenvalue weighted by Gasteiger charge is 2.24. The number of carbonyl (C=O) groups excluding carboxylic acids is 1. The average molecular weight is 347 g/mol. The van der Waals surface area contributed by atoms with Gasteiger partial charge in [0, 0.05) is 0 Å². The predicted octanol–water partition coefficient (Wildman–Crippen LogP) is 0.597. The van der Waals surface area contributed by atoms with Gasteiger partial charge in [-0.1, -0.05) is 0 Å². The van der Waals surface area contributed by atoms with Gasteiger partial charge in [-0.05, 0) is 38.1 Å². The summed E-state index contributed by atoms with van der Waals surface area (Å²) >= 11 is 0. The standard InChI is InChI=1S/C14H18FNO6S/c1-9(2)23(20,21)8-13(17)16-7-12(14(18)19)22-11-5-3-10(15)4-6-11/h3-6,9,12H,7-8H2,1-2H3,(H,16,17)(H,18,19). The lowest BCUT2D eigenvalue weighted by Crippen LogP contribution is -2.42. The van der Waals surface area contributed by atoms with Crippen molar-refractivity contribution in [3.63, 3.8) is 0 Å². The van der Waals surface area contributed by atoms with Crippen LogP contribution in [0.2, 0.25) is 0 Å². The van der Waals surface area contributed by atoms with E-state index in [-0.39, 0.29) is 5.75 Å². The van der Waals surface area contributed by atoms with Gasteiger partial charge in [0.2, 0.25) is 12.0 Å². The summed E-state index contributed by atoms with van der Waals surface area (Å²) in [4.78, 5) is 22.7. The number of carbonyl (C=O) groups is 2. The second-order valence-electron chi connectivity index (χ2n) is 5.06. The van der Waals surface area contributed by atoms with Crippen LogP contribution in [0.4, 0.5) is 4.39 Å². The highest BCUT2D eigenvalue weighted by atomic mass is 32.2. The summed E-state index contributed by atoms with van der Waals surface area (Å²) in [7, 11) is -3.57. The molecule has 0 spiro atoms. The van der Waals surface area contributed by atoms with Gasteiger partial charge >= 0.3 is 5.97 Å². The molecule has 1 aromatic rings. The number of amides is 1. The number of ether oxygens (including phenoxy) is 1. The largest absolute Gasteiger partial charge is 0.478 e. The molecule has 0 aliphatic rings. The molecular weight excluding hydrogens is 329 g/mol. The van der Waals surface area contributed by atoms with Crippen molar-refractivity contribution in [3.05, 3.63) is 30.1 Å². The minimum absolute atomic E-state index is 0.114. The molecule has 0 aliphatic carbocycles. The van der Waals surface area contributed by atoms with Crippen molar-refractivity contribution in [2.45, 2.75) is 25.2 Å². The second kappa shape index (κ2) is 7.91. The van der Waals surface area contributed by atoms with E-state index >= 15 is 0 Å². The first-order valence-electron chi connectivity index (χ1n) is 6.75. The molecule has 1 aromatic carbocycles. The van der Waals surface area contributed by atoms with E-state index < -0.39 is 51.2 Å². The maximum Gasteiger partial charge on any atom is 0.346 e. The number of hydrogen-bond donors (Lipinski definition) is 2. The number of carboxylic acids is 1. The Balaban J connectivity index is 2.62. The van der Waals surface area contributed by atoms with E-state index in [4.69, 9.17) is 9.84 Å². The van der Waals surface area contributed by atoms with E-state index in [0.29, 0.717) is 0 Å². The summed E-state index contributed by atoms with van der Waals surface area (Å²) in [5, 5.41) is 10.6. The van der Waals surface area contributed by atoms with Gasteiger partial charge in [0.25, 0.3) is 0 Å². The van der Waals surface area contributed by atoms with Gasteiger partial charge in [0.1, 0.15) is 17.3 Å². The third kappa shape index (κ3) is 6.23. The molecule has 1 rings (SSSR count). The monoisotopic (exact) mass is 347 g/mol. The van der Waals surface area contributed by atoms with Crippen molar-refractivity contribution in [2.75, 3.05) is 12.3 Å². The zero-order valence-corrected chi connectivity index (χ0v) is 13.5. The van der Waals surface area contributed by atoms with Gasteiger partial charge in [-0.2, -0.15) is 0 Å². The van der Waals surface area contributed by atoms with Crippen molar-refractivity contribution in [2.24, 2.45) is 0 Å². The zero-order chi connectivity index (χ0) is 17.6. The number of hydrogen-bond acceptors (Lipinski definition) is 5. The van der Waals surface area contributed by atoms with Gasteiger partial charge < -0.3 is 15.2 Å². The quantitative estimate of drug-likeness (QED) is 0.712. The van der Waals surface area contributed by atoms with Crippen molar-refractivity contribution in [1.82, 2.24) is 5.32 Å². The van der Waals surface area contributed by atoms with Crippen molar-refractivity contribution in [3.8, 4) is 5.75 Å². The van der Waals surface area contributed by atoms with E-state index in [9.17, 15) is 22.4 Å². The Morgan fingerprint density at radius 1 is 1.26 bits per heavy atom. The molecule has 2 N–H and O–H groups in total. The summed E-state index contributed by atoms with van der Waals surface area (Å²) in [6, 6.07) is 4.69. The maximum atomic E-state index is 12.8. The molecule has 0 radical (unpaired) electrons. The number of carboxylic acid groups (broad SMARTS) is 1. The molecule has 0 aromatic heterocycles. The van der Waals surface area contributed by atoms with Crippen molar-refractivity contribution in [1.29, 1.82) is 0 Å². The van der Waals surface area contributed by atoms with Gasteiger partial charge in [0.05, 0.1) is 11.8 Å². The summed E-state index contributed by atoms with van der Waals surface area (Å²) in [6.45, 7) is 2.47. The molecule has 128 valence electrons. The van der Waals surface area contributed by atoms with Crippen LogP contribution in [0.15, 0.2) is 24.3 Å². The molecule has 1 atom stereocenters. The van der Waals surface area contributed by atoms with Gasteiger partial charge in [-0.25, -0.2) is 17.6 Å². The summed E-state index contributed by atoms with van der Waals surface area (Å²) in [6.07, 6.45) is -1.42. The van der Waals surface area contributed by atoms with Crippen molar-refractivity contribution >= 4 is 21.7 Å². The lowest BCUT2D eigenvalue weighted by atomic mass is 10.3. The number of sulfone groups is 1. The molecule has 7 nitrogen and oxygen atoms in total. The lowest BCUT2D eigenvalue weighted by Gasteiger charge is -2.16. The Kier molecular flexibility index (Phi) is 6.49. The first-order valence-corrected chi connectivity index (χ1v) is 8.46. The van der Waals surface area contributed by atoms with Crippen LogP contribution >= 0.6 is 0 Å². The fraction of sp³-hybridized carbons (Fsp3) is 0.429. The molecule has 0 heterocycles. The molecule has 0 saturated heterocycles. The minimum atomic E-state index is -3.57. The lowest BCUT2D eigenvalue weighted by molar-refractivity contribution is -0.145. The molecule has 23 heavy (non-hydrogen) atoms. The van der Waals surface area contributed by atoms with Gasteiger partial charge in [-0.3, -0.25) is 4.79 Å². The van der Waals surface area contributed by atoms with E-state index in [1.807, 2.05) is 0 Å². The van der Waals surface area contributed by atoms with E-state index in [2.05, 4.69) is 5.32 Å². The molecule has 0 aliphatic heterocycles. The van der Waals surface area contributed by atoms with E-state index in [0.717, 1.165) is 12.1 Å². The molecule has 1 unspecified atom stereocenters. The highest BCUT2D eigenvalue weighted by molar-refractivity contribution is 7.92. The van der Waals surface area contributed by atoms with Crippen LogP contribution < -0.4 is 10.1 Å². The topological polar surface area (TPSA) is 110 Å². The smallest absolute Gasteiger partial charge is 0.346 e. The number of aliphatic carboxylic acids is 1. The van der Waals surface area contributed by atoms with E-state index in [1.54, 1.807) is 0 Å². The number of halogens is 1. The van der Waals surface area contributed by atoms with Crippen LogP contribution in [0.3, 0.4) is 0 Å². The average Bonchev–Trinajstić information content (AvgIpc) is 2.44. The molecule has 0 bridgehead atoms. The third-order valence-corrected chi connectivity index (χ3v) is 5.00. The van der Waals surface area contributed by atoms with Crippen LogP contribution in [-0.2, 0) is 19.4 Å². The number of benzene rings is 1. The van der Waals surface area contributed by atoms with Crippen LogP contribution in [-0.4, -0.2) is 49.1 Å². The first kappa shape index (κ1) is 18.9. The maximum absolute atomic E-state index is 12.8. The van der Waals surface area contributed by atoms with Crippen LogP contribution in [0, 0.1) is 5.82 Å². The summed E-state index contributed by atoms with van der Waals surface area (Å²) in [5.41, 5.74) is 0. The Hall–Kier alpha value is -2.16. The summed E-state index contributed by atoms with van der Waals surface area (Å²) < 4.78 is 41.1. The van der Waals surface area contributed by atoms with Gasteiger partial charge in [0.15, 0.2) is 9.84 Å². The Bertz CT molecular complexity index is 656. The Morgan fingerprint density at radius 3 is 2.30 bits per heavy atom. The highest BCUT2D eigenvalue weighted by Crippen LogP contribution is 2.13. The molecule has 1 amide bonds. The third-order valence-electron chi connectivity index (χ3n) is 2.90. The fourth-order valence-electron chi connectivity index (χ4n) is 1.46. The van der Waals surface area contributed by atoms with Crippen LogP contribution in [0.1, 0.15) is 13.8 Å². The normalized spacial score (nSPS) is 12.7. The fourth-order valence-corrected chi connectivity index (χ4v) is 2.26. The SMILES string of the molecule is CC(C)S(=O)(=O)CC(=O)NCC(Oc1ccc(F)cc1)C(=O)O. The van der Waals surface area contributed by atoms with E-state index in [1.165, 1.54) is 26.0 Å². The molecule has 9 heteroatoms. The Labute approximate surface area is 133 Å². The number of nitrogens with one attached hydrogen (secondary N) is 1. The minimum Gasteiger partial charge on any atom is -0.478 e. The van der Waals surface area contributed by atoms with Crippen molar-refractivity contribution < 1.29 is 32.2 Å². The second-order valence-corrected chi connectivity index (χ2v) is 7.62. The van der Waals surface area contributed by atoms with Crippen LogP contribution in [0.25, 0.3) is 0 Å².